The maximum Gasteiger partial charge on any atom is 0.412 e. The monoisotopic (exact) mass is 286 g/mol. The fourth-order valence-electron chi connectivity index (χ4n) is 1.66. The first-order chi connectivity index (χ1) is 10.0. The SMILES string of the molecule is Cc1ccc(CNC(=O)Oc2ccc([N+](=O)[O-])cc2)cc1. The third-order valence-electron chi connectivity index (χ3n) is 2.82. The van der Waals surface area contributed by atoms with Crippen LogP contribution in [0.3, 0.4) is 0 Å². The minimum Gasteiger partial charge on any atom is -0.410 e. The Morgan fingerprint density at radius 2 is 1.76 bits per heavy atom. The Bertz CT molecular complexity index is 636. The van der Waals surface area contributed by atoms with Gasteiger partial charge in [0.05, 0.1) is 4.92 Å². The smallest absolute Gasteiger partial charge is 0.410 e. The number of nitrogens with one attached hydrogen (secondary N) is 1. The summed E-state index contributed by atoms with van der Waals surface area (Å²) in [6.45, 7) is 2.34. The summed E-state index contributed by atoms with van der Waals surface area (Å²) in [5.74, 6) is 0.252. The van der Waals surface area contributed by atoms with Gasteiger partial charge in [0.2, 0.25) is 0 Å². The van der Waals surface area contributed by atoms with Crippen molar-refractivity contribution in [1.29, 1.82) is 0 Å². The molecule has 6 heteroatoms. The molecule has 2 aromatic carbocycles. The second-order valence-electron chi connectivity index (χ2n) is 4.48. The number of nitro groups is 1. The second-order valence-corrected chi connectivity index (χ2v) is 4.48. The number of carbonyl (C=O) groups is 1. The van der Waals surface area contributed by atoms with E-state index in [0.29, 0.717) is 6.54 Å². The minimum atomic E-state index is -0.607. The van der Waals surface area contributed by atoms with E-state index in [0.717, 1.165) is 11.1 Å². The summed E-state index contributed by atoms with van der Waals surface area (Å²) >= 11 is 0. The van der Waals surface area contributed by atoms with E-state index < -0.39 is 11.0 Å². The first-order valence-electron chi connectivity index (χ1n) is 6.30. The molecule has 1 N–H and O–H groups in total. The summed E-state index contributed by atoms with van der Waals surface area (Å²) < 4.78 is 5.02. The van der Waals surface area contributed by atoms with Crippen molar-refractivity contribution in [1.82, 2.24) is 5.32 Å². The highest BCUT2D eigenvalue weighted by Crippen LogP contribution is 2.17. The van der Waals surface area contributed by atoms with E-state index in [1.165, 1.54) is 24.3 Å². The van der Waals surface area contributed by atoms with Crippen LogP contribution in [0.1, 0.15) is 11.1 Å². The number of non-ortho nitro benzene ring substituents is 1. The Morgan fingerprint density at radius 3 is 2.33 bits per heavy atom. The average molecular weight is 286 g/mol. The Kier molecular flexibility index (Phi) is 4.50. The minimum absolute atomic E-state index is 0.0533. The van der Waals surface area contributed by atoms with Gasteiger partial charge in [-0.2, -0.15) is 0 Å². The molecule has 0 unspecified atom stereocenters. The fourth-order valence-corrected chi connectivity index (χ4v) is 1.66. The second kappa shape index (κ2) is 6.51. The molecule has 0 aliphatic heterocycles. The molecule has 6 nitrogen and oxygen atoms in total. The van der Waals surface area contributed by atoms with E-state index in [-0.39, 0.29) is 11.4 Å². The highest BCUT2D eigenvalue weighted by Gasteiger charge is 2.07. The Balaban J connectivity index is 1.86. The molecule has 0 aromatic heterocycles. The van der Waals surface area contributed by atoms with Crippen molar-refractivity contribution in [3.05, 3.63) is 69.8 Å². The van der Waals surface area contributed by atoms with Crippen molar-refractivity contribution in [2.24, 2.45) is 0 Å². The molecule has 0 aliphatic rings. The molecule has 108 valence electrons. The zero-order valence-corrected chi connectivity index (χ0v) is 11.4. The molecule has 1 amide bonds. The van der Waals surface area contributed by atoms with Crippen LogP contribution in [-0.2, 0) is 6.54 Å². The number of hydrogen-bond donors (Lipinski definition) is 1. The number of nitro benzene ring substituents is 1. The molecule has 0 fully saturated rings. The number of ether oxygens (including phenoxy) is 1. The highest BCUT2D eigenvalue weighted by molar-refractivity contribution is 5.70. The zero-order chi connectivity index (χ0) is 15.2. The van der Waals surface area contributed by atoms with Crippen molar-refractivity contribution in [3.63, 3.8) is 0 Å². The van der Waals surface area contributed by atoms with Crippen LogP contribution in [0.5, 0.6) is 5.75 Å². The van der Waals surface area contributed by atoms with Crippen molar-refractivity contribution < 1.29 is 14.5 Å². The average Bonchev–Trinajstić information content (AvgIpc) is 2.47. The van der Waals surface area contributed by atoms with Crippen LogP contribution in [0.15, 0.2) is 48.5 Å². The van der Waals surface area contributed by atoms with Crippen LogP contribution in [0.4, 0.5) is 10.5 Å². The molecule has 0 bridgehead atoms. The van der Waals surface area contributed by atoms with Gasteiger partial charge in [-0.05, 0) is 24.6 Å². The number of amides is 1. The number of aryl methyl sites for hydroxylation is 1. The van der Waals surface area contributed by atoms with E-state index in [1.54, 1.807) is 0 Å². The third kappa shape index (κ3) is 4.31. The van der Waals surface area contributed by atoms with Gasteiger partial charge < -0.3 is 10.1 Å². The summed E-state index contributed by atoms with van der Waals surface area (Å²) in [6, 6.07) is 13.1. The molecule has 0 atom stereocenters. The topological polar surface area (TPSA) is 81.5 Å². The van der Waals surface area contributed by atoms with E-state index in [4.69, 9.17) is 4.74 Å². The standard InChI is InChI=1S/C15H14N2O4/c1-11-2-4-12(5-3-11)10-16-15(18)21-14-8-6-13(7-9-14)17(19)20/h2-9H,10H2,1H3,(H,16,18). The number of rotatable bonds is 4. The van der Waals surface area contributed by atoms with Gasteiger partial charge in [0.25, 0.3) is 5.69 Å². The van der Waals surface area contributed by atoms with Gasteiger partial charge in [0.1, 0.15) is 5.75 Å². The van der Waals surface area contributed by atoms with E-state index in [1.807, 2.05) is 31.2 Å². The van der Waals surface area contributed by atoms with Crippen LogP contribution in [0, 0.1) is 17.0 Å². The van der Waals surface area contributed by atoms with Crippen molar-refractivity contribution in [2.45, 2.75) is 13.5 Å². The normalized spacial score (nSPS) is 9.95. The van der Waals surface area contributed by atoms with Gasteiger partial charge in [-0.3, -0.25) is 10.1 Å². The molecule has 2 aromatic rings. The van der Waals surface area contributed by atoms with Crippen molar-refractivity contribution >= 4 is 11.8 Å². The molecule has 0 spiro atoms. The Hall–Kier alpha value is -2.89. The van der Waals surface area contributed by atoms with E-state index >= 15 is 0 Å². The maximum absolute atomic E-state index is 11.6. The van der Waals surface area contributed by atoms with Gasteiger partial charge in [-0.1, -0.05) is 29.8 Å². The van der Waals surface area contributed by atoms with Crippen LogP contribution in [0.2, 0.25) is 0 Å². The summed E-state index contributed by atoms with van der Waals surface area (Å²) in [7, 11) is 0. The van der Waals surface area contributed by atoms with Gasteiger partial charge in [-0.25, -0.2) is 4.79 Å². The van der Waals surface area contributed by atoms with Crippen LogP contribution in [-0.4, -0.2) is 11.0 Å². The molecule has 2 rings (SSSR count). The number of carbonyl (C=O) groups excluding carboxylic acids is 1. The zero-order valence-electron chi connectivity index (χ0n) is 11.4. The number of benzene rings is 2. The van der Waals surface area contributed by atoms with Crippen LogP contribution >= 0.6 is 0 Å². The predicted molar refractivity (Wildman–Crippen MR) is 77.1 cm³/mol. The molecule has 0 radical (unpaired) electrons. The Morgan fingerprint density at radius 1 is 1.14 bits per heavy atom. The van der Waals surface area contributed by atoms with Gasteiger partial charge >= 0.3 is 6.09 Å². The van der Waals surface area contributed by atoms with Gasteiger partial charge in [0.15, 0.2) is 0 Å². The molecular formula is C15H14N2O4. The van der Waals surface area contributed by atoms with E-state index in [2.05, 4.69) is 5.32 Å². The quantitative estimate of drug-likeness (QED) is 0.691. The van der Waals surface area contributed by atoms with Crippen LogP contribution < -0.4 is 10.1 Å². The number of hydrogen-bond acceptors (Lipinski definition) is 4. The maximum atomic E-state index is 11.6. The lowest BCUT2D eigenvalue weighted by Gasteiger charge is -2.06. The summed E-state index contributed by atoms with van der Waals surface area (Å²) in [4.78, 5) is 21.6. The van der Waals surface area contributed by atoms with Gasteiger partial charge in [0, 0.05) is 18.7 Å². The Labute approximate surface area is 121 Å². The van der Waals surface area contributed by atoms with Gasteiger partial charge in [-0.15, -0.1) is 0 Å². The molecule has 0 heterocycles. The molecular weight excluding hydrogens is 272 g/mol. The summed E-state index contributed by atoms with van der Waals surface area (Å²) in [5, 5.41) is 13.1. The fraction of sp³-hybridized carbons (Fsp3) is 0.133. The lowest BCUT2D eigenvalue weighted by Crippen LogP contribution is -2.26. The molecule has 21 heavy (non-hydrogen) atoms. The molecule has 0 saturated heterocycles. The molecule has 0 aliphatic carbocycles. The van der Waals surface area contributed by atoms with Crippen LogP contribution in [0.25, 0.3) is 0 Å². The predicted octanol–water partition coefficient (Wildman–Crippen LogP) is 3.19. The summed E-state index contributed by atoms with van der Waals surface area (Å²) in [5.41, 5.74) is 2.05. The first-order valence-corrected chi connectivity index (χ1v) is 6.30. The van der Waals surface area contributed by atoms with Crippen molar-refractivity contribution in [3.8, 4) is 5.75 Å². The van der Waals surface area contributed by atoms with Crippen molar-refractivity contribution in [2.75, 3.05) is 0 Å². The highest BCUT2D eigenvalue weighted by atomic mass is 16.6. The van der Waals surface area contributed by atoms with E-state index in [9.17, 15) is 14.9 Å². The number of nitrogens with zero attached hydrogens (tertiary/aromatic N) is 1. The lowest BCUT2D eigenvalue weighted by molar-refractivity contribution is -0.384. The summed E-state index contributed by atoms with van der Waals surface area (Å²) in [6.07, 6.45) is -0.607. The first kappa shape index (κ1) is 14.5. The largest absolute Gasteiger partial charge is 0.412 e. The third-order valence-corrected chi connectivity index (χ3v) is 2.82. The lowest BCUT2D eigenvalue weighted by atomic mass is 10.1. The molecule has 0 saturated carbocycles.